The summed E-state index contributed by atoms with van der Waals surface area (Å²) in [4.78, 5) is 19.7. The van der Waals surface area contributed by atoms with E-state index in [0.717, 1.165) is 34.5 Å². The third-order valence-corrected chi connectivity index (χ3v) is 7.95. The van der Waals surface area contributed by atoms with Gasteiger partial charge in [-0.3, -0.25) is 9.36 Å². The van der Waals surface area contributed by atoms with Crippen molar-refractivity contribution in [2.24, 2.45) is 4.99 Å². The van der Waals surface area contributed by atoms with Crippen LogP contribution >= 0.6 is 11.3 Å². The van der Waals surface area contributed by atoms with Crippen LogP contribution in [-0.2, 0) is 6.42 Å². The first-order valence-electron chi connectivity index (χ1n) is 12.0. The van der Waals surface area contributed by atoms with Gasteiger partial charge in [-0.05, 0) is 60.2 Å². The molecule has 2 aliphatic rings. The number of thiazole rings is 1. The summed E-state index contributed by atoms with van der Waals surface area (Å²) in [5.41, 5.74) is 7.87. The highest BCUT2D eigenvalue weighted by atomic mass is 32.1. The van der Waals surface area contributed by atoms with Crippen LogP contribution in [0.25, 0.3) is 11.8 Å². The minimum absolute atomic E-state index is 0.0236. The molecule has 5 nitrogen and oxygen atoms in total. The third-order valence-electron chi connectivity index (χ3n) is 6.97. The Hall–Kier alpha value is -3.90. The van der Waals surface area contributed by atoms with Crippen molar-refractivity contribution in [3.63, 3.8) is 0 Å². The maximum Gasteiger partial charge on any atom is 0.271 e. The smallest absolute Gasteiger partial charge is 0.271 e. The molecule has 0 spiro atoms. The van der Waals surface area contributed by atoms with Gasteiger partial charge in [0, 0.05) is 5.56 Å². The number of hydrogen-bond acceptors (Lipinski definition) is 5. The molecule has 1 atom stereocenters. The molecular formula is C30H26N2O3S. The van der Waals surface area contributed by atoms with Crippen molar-refractivity contribution in [2.75, 3.05) is 14.2 Å². The van der Waals surface area contributed by atoms with Gasteiger partial charge in [0.2, 0.25) is 0 Å². The topological polar surface area (TPSA) is 52.8 Å². The Morgan fingerprint density at radius 1 is 0.972 bits per heavy atom. The SMILES string of the molecule is COc1ccc(C=c2sc3n(c2=O)C(c2ccc(C)cc2)C2=C(N=3)c3ccccc3CC2)cc1OC. The lowest BCUT2D eigenvalue weighted by molar-refractivity contribution is 0.355. The summed E-state index contributed by atoms with van der Waals surface area (Å²) in [5.74, 6) is 1.28. The highest BCUT2D eigenvalue weighted by Gasteiger charge is 2.32. The van der Waals surface area contributed by atoms with Gasteiger partial charge in [-0.15, -0.1) is 0 Å². The molecule has 6 rings (SSSR count). The lowest BCUT2D eigenvalue weighted by atomic mass is 9.83. The summed E-state index contributed by atoms with van der Waals surface area (Å²) in [7, 11) is 3.22. The van der Waals surface area contributed by atoms with Crippen LogP contribution in [0, 0.1) is 6.92 Å². The van der Waals surface area contributed by atoms with E-state index < -0.39 is 0 Å². The molecule has 3 aromatic carbocycles. The van der Waals surface area contributed by atoms with Gasteiger partial charge < -0.3 is 9.47 Å². The van der Waals surface area contributed by atoms with Gasteiger partial charge in [0.1, 0.15) is 0 Å². The van der Waals surface area contributed by atoms with Crippen LogP contribution in [0.2, 0.25) is 0 Å². The Bertz CT molecular complexity index is 1690. The second kappa shape index (κ2) is 8.95. The van der Waals surface area contributed by atoms with Crippen molar-refractivity contribution < 1.29 is 9.47 Å². The molecule has 0 saturated heterocycles. The van der Waals surface area contributed by atoms with Crippen LogP contribution < -0.4 is 24.4 Å². The van der Waals surface area contributed by atoms with Crippen molar-refractivity contribution in [3.05, 3.63) is 120 Å². The van der Waals surface area contributed by atoms with Crippen molar-refractivity contribution >= 4 is 23.1 Å². The van der Waals surface area contributed by atoms with E-state index in [0.29, 0.717) is 16.0 Å². The molecule has 4 aromatic rings. The summed E-state index contributed by atoms with van der Waals surface area (Å²) >= 11 is 1.43. The standard InChI is InChI=1S/C30H26N2O3S/c1-18-8-11-21(12-9-18)28-23-14-13-20-6-4-5-7-22(20)27(23)31-30-32(28)29(33)26(36-30)17-19-10-15-24(34-2)25(16-19)35-3/h4-12,15-17,28H,13-14H2,1-3H3. The number of aryl methyl sites for hydroxylation is 2. The highest BCUT2D eigenvalue weighted by Crippen LogP contribution is 2.41. The number of methoxy groups -OCH3 is 2. The molecule has 0 amide bonds. The Balaban J connectivity index is 1.58. The van der Waals surface area contributed by atoms with Crippen LogP contribution in [0.1, 0.15) is 40.3 Å². The van der Waals surface area contributed by atoms with E-state index in [9.17, 15) is 4.79 Å². The van der Waals surface area contributed by atoms with Crippen molar-refractivity contribution in [3.8, 4) is 11.5 Å². The number of ether oxygens (including phenoxy) is 2. The molecular weight excluding hydrogens is 468 g/mol. The van der Waals surface area contributed by atoms with E-state index in [1.807, 2.05) is 28.8 Å². The number of fused-ring (bicyclic) bond motifs is 3. The fourth-order valence-corrected chi connectivity index (χ4v) is 6.17. The Morgan fingerprint density at radius 3 is 2.53 bits per heavy atom. The first kappa shape index (κ1) is 22.6. The molecule has 0 N–H and O–H groups in total. The minimum atomic E-state index is -0.169. The summed E-state index contributed by atoms with van der Waals surface area (Å²) in [6, 6.07) is 22.5. The van der Waals surface area contributed by atoms with Crippen LogP contribution in [0.15, 0.2) is 82.1 Å². The maximum atomic E-state index is 13.9. The molecule has 2 heterocycles. The van der Waals surface area contributed by atoms with Gasteiger partial charge in [0.15, 0.2) is 16.3 Å². The zero-order chi connectivity index (χ0) is 24.8. The van der Waals surface area contributed by atoms with Gasteiger partial charge in [-0.2, -0.15) is 0 Å². The molecule has 1 aliphatic heterocycles. The second-order valence-corrected chi connectivity index (χ2v) is 10.1. The molecule has 0 fully saturated rings. The summed E-state index contributed by atoms with van der Waals surface area (Å²) < 4.78 is 13.3. The lowest BCUT2D eigenvalue weighted by Gasteiger charge is -2.30. The van der Waals surface area contributed by atoms with E-state index in [1.54, 1.807) is 14.2 Å². The molecule has 36 heavy (non-hydrogen) atoms. The molecule has 180 valence electrons. The van der Waals surface area contributed by atoms with Gasteiger partial charge >= 0.3 is 0 Å². The Labute approximate surface area is 213 Å². The lowest BCUT2D eigenvalue weighted by Crippen LogP contribution is -2.38. The fraction of sp³-hybridized carbons (Fsp3) is 0.200. The fourth-order valence-electron chi connectivity index (χ4n) is 5.17. The second-order valence-electron chi connectivity index (χ2n) is 9.14. The van der Waals surface area contributed by atoms with Gasteiger partial charge in [0.25, 0.3) is 5.56 Å². The Kier molecular flexibility index (Phi) is 5.61. The molecule has 1 aromatic heterocycles. The highest BCUT2D eigenvalue weighted by molar-refractivity contribution is 7.07. The quantitative estimate of drug-likeness (QED) is 0.415. The van der Waals surface area contributed by atoms with Crippen molar-refractivity contribution in [1.82, 2.24) is 4.57 Å². The molecule has 1 aliphatic carbocycles. The van der Waals surface area contributed by atoms with E-state index in [2.05, 4.69) is 55.5 Å². The monoisotopic (exact) mass is 494 g/mol. The largest absolute Gasteiger partial charge is 0.493 e. The maximum absolute atomic E-state index is 13.9. The van der Waals surface area contributed by atoms with Crippen LogP contribution in [0.3, 0.4) is 0 Å². The zero-order valence-corrected chi connectivity index (χ0v) is 21.3. The average molecular weight is 495 g/mol. The minimum Gasteiger partial charge on any atom is -0.493 e. The normalized spacial score (nSPS) is 16.6. The van der Waals surface area contributed by atoms with Crippen molar-refractivity contribution in [1.29, 1.82) is 0 Å². The summed E-state index contributed by atoms with van der Waals surface area (Å²) in [6.45, 7) is 2.08. The summed E-state index contributed by atoms with van der Waals surface area (Å²) in [5, 5.41) is 0. The van der Waals surface area contributed by atoms with Gasteiger partial charge in [-0.1, -0.05) is 71.5 Å². The van der Waals surface area contributed by atoms with E-state index >= 15 is 0 Å². The van der Waals surface area contributed by atoms with Crippen molar-refractivity contribution in [2.45, 2.75) is 25.8 Å². The van der Waals surface area contributed by atoms with Gasteiger partial charge in [0.05, 0.1) is 30.5 Å². The van der Waals surface area contributed by atoms with E-state index in [1.165, 1.54) is 33.6 Å². The molecule has 0 bridgehead atoms. The third kappa shape index (κ3) is 3.69. The van der Waals surface area contributed by atoms with Crippen LogP contribution in [-0.4, -0.2) is 18.8 Å². The van der Waals surface area contributed by atoms with E-state index in [4.69, 9.17) is 14.5 Å². The molecule has 6 heteroatoms. The number of nitrogens with zero attached hydrogens (tertiary/aromatic N) is 2. The zero-order valence-electron chi connectivity index (χ0n) is 20.4. The number of aromatic nitrogens is 1. The number of rotatable bonds is 4. The first-order valence-corrected chi connectivity index (χ1v) is 12.8. The average Bonchev–Trinajstić information content (AvgIpc) is 3.22. The number of hydrogen-bond donors (Lipinski definition) is 0. The van der Waals surface area contributed by atoms with Gasteiger partial charge in [-0.25, -0.2) is 4.99 Å². The first-order chi connectivity index (χ1) is 17.6. The number of allylic oxidation sites excluding steroid dienone is 1. The van der Waals surface area contributed by atoms with Crippen LogP contribution in [0.4, 0.5) is 0 Å². The predicted molar refractivity (Wildman–Crippen MR) is 143 cm³/mol. The van der Waals surface area contributed by atoms with E-state index in [-0.39, 0.29) is 11.6 Å². The molecule has 1 unspecified atom stereocenters. The van der Waals surface area contributed by atoms with Crippen LogP contribution in [0.5, 0.6) is 11.5 Å². The molecule has 0 saturated carbocycles. The predicted octanol–water partition coefficient (Wildman–Crippen LogP) is 4.64. The molecule has 0 radical (unpaired) electrons. The summed E-state index contributed by atoms with van der Waals surface area (Å²) in [6.07, 6.45) is 3.74. The number of benzene rings is 3. The Morgan fingerprint density at radius 2 is 1.75 bits per heavy atom.